The van der Waals surface area contributed by atoms with Gasteiger partial charge in [-0.25, -0.2) is 4.98 Å². The monoisotopic (exact) mass is 179 g/mol. The first-order valence-corrected chi connectivity index (χ1v) is 4.55. The molecule has 0 radical (unpaired) electrons. The van der Waals surface area contributed by atoms with Crippen LogP contribution in [0.1, 0.15) is 12.8 Å². The zero-order valence-electron chi connectivity index (χ0n) is 7.43. The largest absolute Gasteiger partial charge is 0.391 e. The molecule has 0 unspecified atom stereocenters. The average Bonchev–Trinajstić information content (AvgIpc) is 2.19. The Hall–Kier alpha value is -1.16. The SMILES string of the molecule is O[C@@H]1CCCN(c2cnccn2)C1. The van der Waals surface area contributed by atoms with Gasteiger partial charge in [0, 0.05) is 25.5 Å². The Balaban J connectivity index is 2.08. The number of hydrogen-bond acceptors (Lipinski definition) is 4. The van der Waals surface area contributed by atoms with E-state index in [1.54, 1.807) is 18.6 Å². The fraction of sp³-hybridized carbons (Fsp3) is 0.556. The van der Waals surface area contributed by atoms with Crippen molar-refractivity contribution in [2.75, 3.05) is 18.0 Å². The predicted molar refractivity (Wildman–Crippen MR) is 49.5 cm³/mol. The molecule has 0 saturated carbocycles. The van der Waals surface area contributed by atoms with Crippen molar-refractivity contribution in [3.8, 4) is 0 Å². The lowest BCUT2D eigenvalue weighted by Gasteiger charge is -2.30. The molecule has 70 valence electrons. The summed E-state index contributed by atoms with van der Waals surface area (Å²) < 4.78 is 0. The Morgan fingerprint density at radius 2 is 2.38 bits per heavy atom. The highest BCUT2D eigenvalue weighted by atomic mass is 16.3. The summed E-state index contributed by atoms with van der Waals surface area (Å²) in [5, 5.41) is 9.45. The van der Waals surface area contributed by atoms with Crippen LogP contribution in [0.3, 0.4) is 0 Å². The van der Waals surface area contributed by atoms with E-state index in [2.05, 4.69) is 14.9 Å². The van der Waals surface area contributed by atoms with Gasteiger partial charge in [-0.2, -0.15) is 0 Å². The highest BCUT2D eigenvalue weighted by Gasteiger charge is 2.18. The number of β-amino-alcohol motifs (C(OH)–C–C–N with tert-alkyl or cyclic N) is 1. The molecule has 2 heterocycles. The van der Waals surface area contributed by atoms with E-state index in [4.69, 9.17) is 0 Å². The normalized spacial score (nSPS) is 23.2. The van der Waals surface area contributed by atoms with Gasteiger partial charge < -0.3 is 10.0 Å². The summed E-state index contributed by atoms with van der Waals surface area (Å²) in [6, 6.07) is 0. The van der Waals surface area contributed by atoms with Gasteiger partial charge in [0.05, 0.1) is 12.3 Å². The molecule has 13 heavy (non-hydrogen) atoms. The van der Waals surface area contributed by atoms with Crippen LogP contribution in [0.2, 0.25) is 0 Å². The van der Waals surface area contributed by atoms with Crippen LogP contribution in [-0.4, -0.2) is 34.3 Å². The van der Waals surface area contributed by atoms with Crippen LogP contribution in [0.5, 0.6) is 0 Å². The molecule has 4 heteroatoms. The molecule has 4 nitrogen and oxygen atoms in total. The van der Waals surface area contributed by atoms with Crippen LogP contribution in [0.15, 0.2) is 18.6 Å². The molecule has 0 aliphatic carbocycles. The van der Waals surface area contributed by atoms with Crippen LogP contribution in [0, 0.1) is 0 Å². The molecule has 1 aromatic heterocycles. The van der Waals surface area contributed by atoms with Crippen molar-refractivity contribution < 1.29 is 5.11 Å². The van der Waals surface area contributed by atoms with E-state index in [1.165, 1.54) is 0 Å². The minimum absolute atomic E-state index is 0.212. The van der Waals surface area contributed by atoms with Gasteiger partial charge in [-0.1, -0.05) is 0 Å². The third-order valence-electron chi connectivity index (χ3n) is 2.27. The highest BCUT2D eigenvalue weighted by Crippen LogP contribution is 2.15. The van der Waals surface area contributed by atoms with Crippen LogP contribution in [0.25, 0.3) is 0 Å². The van der Waals surface area contributed by atoms with Gasteiger partial charge >= 0.3 is 0 Å². The molecule has 1 aromatic rings. The van der Waals surface area contributed by atoms with Crippen molar-refractivity contribution in [1.82, 2.24) is 9.97 Å². The van der Waals surface area contributed by atoms with E-state index >= 15 is 0 Å². The van der Waals surface area contributed by atoms with Gasteiger partial charge in [0.1, 0.15) is 5.82 Å². The van der Waals surface area contributed by atoms with Crippen LogP contribution >= 0.6 is 0 Å². The van der Waals surface area contributed by atoms with E-state index in [9.17, 15) is 5.11 Å². The molecule has 1 aliphatic heterocycles. The lowest BCUT2D eigenvalue weighted by atomic mass is 10.1. The number of rotatable bonds is 1. The zero-order chi connectivity index (χ0) is 9.10. The zero-order valence-corrected chi connectivity index (χ0v) is 7.43. The highest BCUT2D eigenvalue weighted by molar-refractivity contribution is 5.35. The second kappa shape index (κ2) is 3.70. The third-order valence-corrected chi connectivity index (χ3v) is 2.27. The molecule has 0 bridgehead atoms. The standard InChI is InChI=1S/C9H13N3O/c13-8-2-1-5-12(7-8)9-6-10-3-4-11-9/h3-4,6,8,13H,1-2,5,7H2/t8-/m1/s1. The van der Waals surface area contributed by atoms with Crippen molar-refractivity contribution in [2.24, 2.45) is 0 Å². The van der Waals surface area contributed by atoms with E-state index < -0.39 is 0 Å². The number of aromatic nitrogens is 2. The Morgan fingerprint density at radius 3 is 3.08 bits per heavy atom. The molecule has 1 fully saturated rings. The van der Waals surface area contributed by atoms with Gasteiger partial charge in [0.2, 0.25) is 0 Å². The first-order valence-electron chi connectivity index (χ1n) is 4.55. The molecular weight excluding hydrogens is 166 g/mol. The number of anilines is 1. The van der Waals surface area contributed by atoms with E-state index in [0.717, 1.165) is 25.2 Å². The summed E-state index contributed by atoms with van der Waals surface area (Å²) in [6.07, 6.45) is 6.78. The lowest BCUT2D eigenvalue weighted by Crippen LogP contribution is -2.38. The molecule has 1 saturated heterocycles. The van der Waals surface area contributed by atoms with Crippen molar-refractivity contribution in [1.29, 1.82) is 0 Å². The summed E-state index contributed by atoms with van der Waals surface area (Å²) in [6.45, 7) is 1.65. The molecule has 2 rings (SSSR count). The van der Waals surface area contributed by atoms with E-state index in [1.807, 2.05) is 0 Å². The predicted octanol–water partition coefficient (Wildman–Crippen LogP) is 0.438. The van der Waals surface area contributed by atoms with Crippen LogP contribution in [-0.2, 0) is 0 Å². The molecule has 0 amide bonds. The van der Waals surface area contributed by atoms with Crippen molar-refractivity contribution in [3.05, 3.63) is 18.6 Å². The van der Waals surface area contributed by atoms with Crippen molar-refractivity contribution >= 4 is 5.82 Å². The average molecular weight is 179 g/mol. The maximum atomic E-state index is 9.45. The molecule has 0 spiro atoms. The molecule has 1 aliphatic rings. The summed E-state index contributed by atoms with van der Waals surface area (Å²) in [5.74, 6) is 0.862. The fourth-order valence-corrected chi connectivity index (χ4v) is 1.62. The minimum atomic E-state index is -0.212. The molecule has 1 atom stereocenters. The topological polar surface area (TPSA) is 49.2 Å². The quantitative estimate of drug-likeness (QED) is 0.679. The molecule has 1 N–H and O–H groups in total. The first-order chi connectivity index (χ1) is 6.36. The summed E-state index contributed by atoms with van der Waals surface area (Å²) in [4.78, 5) is 10.3. The number of piperidine rings is 1. The minimum Gasteiger partial charge on any atom is -0.391 e. The van der Waals surface area contributed by atoms with Gasteiger partial charge in [0.15, 0.2) is 0 Å². The Morgan fingerprint density at radius 1 is 1.46 bits per heavy atom. The van der Waals surface area contributed by atoms with Gasteiger partial charge in [-0.15, -0.1) is 0 Å². The number of nitrogens with zero attached hydrogens (tertiary/aromatic N) is 3. The van der Waals surface area contributed by atoms with Crippen molar-refractivity contribution in [2.45, 2.75) is 18.9 Å². The Bertz CT molecular complexity index is 265. The fourth-order valence-electron chi connectivity index (χ4n) is 1.62. The second-order valence-corrected chi connectivity index (χ2v) is 3.31. The maximum absolute atomic E-state index is 9.45. The second-order valence-electron chi connectivity index (χ2n) is 3.31. The smallest absolute Gasteiger partial charge is 0.147 e. The summed E-state index contributed by atoms with van der Waals surface area (Å²) >= 11 is 0. The third kappa shape index (κ3) is 1.95. The number of hydrogen-bond donors (Lipinski definition) is 1. The van der Waals surface area contributed by atoms with E-state index in [0.29, 0.717) is 6.54 Å². The van der Waals surface area contributed by atoms with Gasteiger partial charge in [0.25, 0.3) is 0 Å². The Labute approximate surface area is 77.2 Å². The van der Waals surface area contributed by atoms with Crippen LogP contribution in [0.4, 0.5) is 5.82 Å². The molecule has 0 aromatic carbocycles. The van der Waals surface area contributed by atoms with Crippen LogP contribution < -0.4 is 4.90 Å². The maximum Gasteiger partial charge on any atom is 0.147 e. The number of aliphatic hydroxyl groups excluding tert-OH is 1. The van der Waals surface area contributed by atoms with Crippen molar-refractivity contribution in [3.63, 3.8) is 0 Å². The van der Waals surface area contributed by atoms with E-state index in [-0.39, 0.29) is 6.10 Å². The molecular formula is C9H13N3O. The first kappa shape index (κ1) is 8.44. The lowest BCUT2D eigenvalue weighted by molar-refractivity contribution is 0.154. The summed E-state index contributed by atoms with van der Waals surface area (Å²) in [5.41, 5.74) is 0. The number of aliphatic hydroxyl groups is 1. The van der Waals surface area contributed by atoms with Gasteiger partial charge in [-0.3, -0.25) is 4.98 Å². The van der Waals surface area contributed by atoms with Gasteiger partial charge in [-0.05, 0) is 12.8 Å². The Kier molecular flexibility index (Phi) is 2.40. The summed E-state index contributed by atoms with van der Waals surface area (Å²) in [7, 11) is 0.